The van der Waals surface area contributed by atoms with E-state index >= 15 is 0 Å². The maximum Gasteiger partial charge on any atom is 0.139 e. The third-order valence-electron chi connectivity index (χ3n) is 7.04. The minimum atomic E-state index is -0.0619. The van der Waals surface area contributed by atoms with Gasteiger partial charge in [-0.1, -0.05) is 6.92 Å². The van der Waals surface area contributed by atoms with Crippen LogP contribution in [0.2, 0.25) is 0 Å². The Bertz CT molecular complexity index is 717. The van der Waals surface area contributed by atoms with Crippen LogP contribution in [0.15, 0.2) is 12.1 Å². The summed E-state index contributed by atoms with van der Waals surface area (Å²) in [5, 5.41) is 19.2. The molecule has 3 aliphatic carbocycles. The molecule has 0 spiro atoms. The lowest BCUT2D eigenvalue weighted by Crippen LogP contribution is -2.44. The summed E-state index contributed by atoms with van der Waals surface area (Å²) in [6.07, 6.45) is 6.90. The molecular formula is C20H23NO2. The number of fused-ring (bicyclic) bond motifs is 5. The van der Waals surface area contributed by atoms with E-state index in [1.165, 1.54) is 11.1 Å². The number of nitriles is 1. The van der Waals surface area contributed by atoms with Crippen molar-refractivity contribution < 1.29 is 9.90 Å². The molecule has 120 valence electrons. The molecule has 4 rings (SSSR count). The summed E-state index contributed by atoms with van der Waals surface area (Å²) in [6.45, 7) is 2.18. The molecule has 23 heavy (non-hydrogen) atoms. The lowest BCUT2D eigenvalue weighted by molar-refractivity contribution is -0.131. The van der Waals surface area contributed by atoms with Crippen molar-refractivity contribution in [2.24, 2.45) is 17.3 Å². The van der Waals surface area contributed by atoms with Crippen molar-refractivity contribution in [3.63, 3.8) is 0 Å². The van der Waals surface area contributed by atoms with Crippen molar-refractivity contribution in [1.29, 1.82) is 5.26 Å². The molecule has 1 aromatic rings. The Morgan fingerprint density at radius 2 is 2.13 bits per heavy atom. The average Bonchev–Trinajstić information content (AvgIpc) is 2.91. The zero-order valence-electron chi connectivity index (χ0n) is 13.6. The monoisotopic (exact) mass is 309 g/mol. The summed E-state index contributed by atoms with van der Waals surface area (Å²) in [7, 11) is 0. The molecule has 3 heteroatoms. The second kappa shape index (κ2) is 5.09. The highest BCUT2D eigenvalue weighted by Crippen LogP contribution is 2.61. The van der Waals surface area contributed by atoms with Gasteiger partial charge in [-0.15, -0.1) is 0 Å². The second-order valence-corrected chi connectivity index (χ2v) is 7.61. The summed E-state index contributed by atoms with van der Waals surface area (Å²) in [5.74, 6) is 2.16. The summed E-state index contributed by atoms with van der Waals surface area (Å²) in [6, 6.07) is 5.82. The Balaban J connectivity index is 1.76. The summed E-state index contributed by atoms with van der Waals surface area (Å²) >= 11 is 0. The fourth-order valence-electron chi connectivity index (χ4n) is 5.92. The van der Waals surface area contributed by atoms with Gasteiger partial charge in [-0.2, -0.15) is 5.26 Å². The number of hydrogen-bond donors (Lipinski definition) is 1. The largest absolute Gasteiger partial charge is 0.507 e. The van der Waals surface area contributed by atoms with Crippen LogP contribution in [-0.4, -0.2) is 10.9 Å². The van der Waals surface area contributed by atoms with Crippen molar-refractivity contribution in [2.45, 2.75) is 57.8 Å². The van der Waals surface area contributed by atoms with Gasteiger partial charge in [0.1, 0.15) is 17.6 Å². The number of carbonyl (C=O) groups excluding carboxylic acids is 1. The maximum absolute atomic E-state index is 12.6. The zero-order chi connectivity index (χ0) is 16.2. The van der Waals surface area contributed by atoms with E-state index in [1.54, 1.807) is 6.07 Å². The number of benzene rings is 1. The van der Waals surface area contributed by atoms with Gasteiger partial charge < -0.3 is 5.11 Å². The lowest BCUT2D eigenvalue weighted by atomic mass is 9.54. The predicted octanol–water partition coefficient (Wildman–Crippen LogP) is 4.08. The minimum absolute atomic E-state index is 0.0619. The number of carbonyl (C=O) groups is 1. The third-order valence-corrected chi connectivity index (χ3v) is 7.04. The van der Waals surface area contributed by atoms with Crippen molar-refractivity contribution in [3.8, 4) is 11.8 Å². The number of Topliss-reactive ketones (excluding diaryl/α,β-unsaturated/α-hetero) is 1. The molecule has 0 heterocycles. The first-order chi connectivity index (χ1) is 11.1. The summed E-state index contributed by atoms with van der Waals surface area (Å²) in [5.41, 5.74) is 2.79. The van der Waals surface area contributed by atoms with Gasteiger partial charge >= 0.3 is 0 Å². The van der Waals surface area contributed by atoms with Gasteiger partial charge in [-0.05, 0) is 79.5 Å². The molecule has 2 fully saturated rings. The Morgan fingerprint density at radius 3 is 2.87 bits per heavy atom. The van der Waals surface area contributed by atoms with Gasteiger partial charge in [0.15, 0.2) is 0 Å². The summed E-state index contributed by atoms with van der Waals surface area (Å²) < 4.78 is 0. The first-order valence-electron chi connectivity index (χ1n) is 8.90. The molecule has 0 bridgehead atoms. The van der Waals surface area contributed by atoms with E-state index in [1.807, 2.05) is 6.07 Å². The maximum atomic E-state index is 12.6. The number of phenolic OH excluding ortho intramolecular Hbond substituents is 1. The van der Waals surface area contributed by atoms with Crippen LogP contribution in [0.1, 0.15) is 68.1 Å². The highest BCUT2D eigenvalue weighted by Gasteiger charge is 2.56. The molecule has 1 aromatic carbocycles. The first kappa shape index (κ1) is 14.8. The van der Waals surface area contributed by atoms with Crippen molar-refractivity contribution >= 4 is 5.78 Å². The van der Waals surface area contributed by atoms with E-state index in [2.05, 4.69) is 13.0 Å². The van der Waals surface area contributed by atoms with Gasteiger partial charge in [0.2, 0.25) is 0 Å². The first-order valence-corrected chi connectivity index (χ1v) is 8.90. The van der Waals surface area contributed by atoms with Crippen LogP contribution in [-0.2, 0) is 11.2 Å². The van der Waals surface area contributed by atoms with Crippen LogP contribution in [0.3, 0.4) is 0 Å². The van der Waals surface area contributed by atoms with E-state index in [0.29, 0.717) is 29.1 Å². The third kappa shape index (κ3) is 1.90. The Labute approximate surface area is 137 Å². The van der Waals surface area contributed by atoms with Gasteiger partial charge in [0.05, 0.1) is 5.56 Å². The molecule has 2 saturated carbocycles. The van der Waals surface area contributed by atoms with E-state index in [0.717, 1.165) is 44.9 Å². The molecule has 3 unspecified atom stereocenters. The lowest BCUT2D eigenvalue weighted by Gasteiger charge is -2.49. The Hall–Kier alpha value is -1.82. The second-order valence-electron chi connectivity index (χ2n) is 7.61. The standard InChI is InChI=1S/C20H23NO2/c1-2-20-8-7-14-15(17(20)5-6-19(20)23)4-3-12-10-18(22)13(11-21)9-16(12)14/h9-10,14-15,17,22H,2-8H2,1H3/t14?,15?,17?,20-/m0/s1. The fourth-order valence-corrected chi connectivity index (χ4v) is 5.92. The number of ketones is 1. The van der Waals surface area contributed by atoms with E-state index in [-0.39, 0.29) is 11.2 Å². The number of rotatable bonds is 1. The Morgan fingerprint density at radius 1 is 1.30 bits per heavy atom. The highest BCUT2D eigenvalue weighted by molar-refractivity contribution is 5.87. The molecule has 0 aliphatic heterocycles. The van der Waals surface area contributed by atoms with E-state index in [9.17, 15) is 15.2 Å². The van der Waals surface area contributed by atoms with Crippen LogP contribution >= 0.6 is 0 Å². The van der Waals surface area contributed by atoms with Gasteiger partial charge in [-0.3, -0.25) is 4.79 Å². The van der Waals surface area contributed by atoms with Crippen LogP contribution < -0.4 is 0 Å². The van der Waals surface area contributed by atoms with Crippen molar-refractivity contribution in [3.05, 3.63) is 28.8 Å². The van der Waals surface area contributed by atoms with Crippen molar-refractivity contribution in [1.82, 2.24) is 0 Å². The normalized spacial score (nSPS) is 35.1. The number of nitrogens with zero attached hydrogens (tertiary/aromatic N) is 1. The predicted molar refractivity (Wildman–Crippen MR) is 87.1 cm³/mol. The number of aromatic hydroxyl groups is 1. The smallest absolute Gasteiger partial charge is 0.139 e. The van der Waals surface area contributed by atoms with E-state index in [4.69, 9.17) is 0 Å². The quantitative estimate of drug-likeness (QED) is 0.850. The number of aryl methyl sites for hydroxylation is 1. The molecule has 4 atom stereocenters. The number of phenols is 1. The zero-order valence-corrected chi connectivity index (χ0v) is 13.6. The average molecular weight is 309 g/mol. The molecule has 0 saturated heterocycles. The minimum Gasteiger partial charge on any atom is -0.507 e. The van der Waals surface area contributed by atoms with Gasteiger partial charge in [0, 0.05) is 11.8 Å². The van der Waals surface area contributed by atoms with Gasteiger partial charge in [-0.25, -0.2) is 0 Å². The van der Waals surface area contributed by atoms with Crippen LogP contribution in [0, 0.1) is 28.6 Å². The van der Waals surface area contributed by atoms with Crippen molar-refractivity contribution in [2.75, 3.05) is 0 Å². The van der Waals surface area contributed by atoms with E-state index < -0.39 is 0 Å². The van der Waals surface area contributed by atoms with Crippen LogP contribution in [0.4, 0.5) is 0 Å². The summed E-state index contributed by atoms with van der Waals surface area (Å²) in [4.78, 5) is 12.6. The fraction of sp³-hybridized carbons (Fsp3) is 0.600. The molecular weight excluding hydrogens is 286 g/mol. The molecule has 3 aliphatic rings. The Kier molecular flexibility index (Phi) is 3.27. The molecule has 0 radical (unpaired) electrons. The van der Waals surface area contributed by atoms with Crippen LogP contribution in [0.25, 0.3) is 0 Å². The van der Waals surface area contributed by atoms with Gasteiger partial charge in [0.25, 0.3) is 0 Å². The molecule has 0 amide bonds. The molecule has 1 N–H and O–H groups in total. The number of hydrogen-bond acceptors (Lipinski definition) is 3. The van der Waals surface area contributed by atoms with Crippen LogP contribution in [0.5, 0.6) is 5.75 Å². The SMILES string of the molecule is CC[C@]12CCC3c4cc(C#N)c(O)cc4CCC3C1CCC2=O. The highest BCUT2D eigenvalue weighted by atomic mass is 16.3. The topological polar surface area (TPSA) is 61.1 Å². The molecule has 3 nitrogen and oxygen atoms in total. The molecule has 0 aromatic heterocycles.